The van der Waals surface area contributed by atoms with Gasteiger partial charge in [0.05, 0.1) is 22.2 Å². The third-order valence-corrected chi connectivity index (χ3v) is 4.68. The maximum Gasteiger partial charge on any atom is 0.337 e. The molecule has 0 unspecified atom stereocenters. The van der Waals surface area contributed by atoms with Gasteiger partial charge in [0.25, 0.3) is 5.91 Å². The fraction of sp³-hybridized carbons (Fsp3) is 0.238. The average molecular weight is 410 g/mol. The topological polar surface area (TPSA) is 148 Å². The number of carboxylic acid groups (broad SMARTS) is 2. The number of anilines is 1. The Labute approximate surface area is 172 Å². The van der Waals surface area contributed by atoms with Crippen molar-refractivity contribution in [3.8, 4) is 0 Å². The number of fused-ring (bicyclic) bond motifs is 1. The summed E-state index contributed by atoms with van der Waals surface area (Å²) in [5, 5.41) is 21.4. The number of carboxylic acids is 2. The number of hydrogen-bond acceptors (Lipinski definition) is 5. The number of hydrogen-bond donors (Lipinski definition) is 4. The number of aromatic nitrogens is 2. The number of rotatable bonds is 9. The van der Waals surface area contributed by atoms with E-state index in [0.717, 1.165) is 19.3 Å². The second-order valence-corrected chi connectivity index (χ2v) is 6.75. The number of carbonyl (C=O) groups is 3. The Morgan fingerprint density at radius 3 is 2.40 bits per heavy atom. The molecule has 0 radical (unpaired) electrons. The largest absolute Gasteiger partial charge is 0.478 e. The normalized spacial score (nSPS) is 10.8. The van der Waals surface area contributed by atoms with E-state index in [2.05, 4.69) is 10.3 Å². The number of nitrogens with one attached hydrogen (secondary N) is 1. The lowest BCUT2D eigenvalue weighted by molar-refractivity contribution is 0.0686. The highest BCUT2D eigenvalue weighted by Crippen LogP contribution is 2.25. The number of carbonyl (C=O) groups excluding carboxylic acids is 1. The average Bonchev–Trinajstić information content (AvgIpc) is 3.08. The van der Waals surface area contributed by atoms with E-state index >= 15 is 0 Å². The molecule has 0 fully saturated rings. The Bertz CT molecular complexity index is 1110. The zero-order chi connectivity index (χ0) is 21.7. The molecule has 0 aliphatic carbocycles. The van der Waals surface area contributed by atoms with E-state index < -0.39 is 17.8 Å². The second kappa shape index (κ2) is 9.19. The second-order valence-electron chi connectivity index (χ2n) is 6.75. The van der Waals surface area contributed by atoms with Crippen molar-refractivity contribution in [2.75, 3.05) is 11.9 Å². The van der Waals surface area contributed by atoms with Crippen LogP contribution in [0.25, 0.3) is 11.0 Å². The van der Waals surface area contributed by atoms with E-state index in [1.54, 1.807) is 16.7 Å². The smallest absolute Gasteiger partial charge is 0.337 e. The lowest BCUT2D eigenvalue weighted by atomic mass is 10.1. The Morgan fingerprint density at radius 2 is 1.70 bits per heavy atom. The summed E-state index contributed by atoms with van der Waals surface area (Å²) in [6.07, 6.45) is 2.41. The zero-order valence-corrected chi connectivity index (χ0v) is 16.2. The number of unbranched alkanes of at least 4 members (excludes halogenated alkanes) is 2. The molecule has 1 amide bonds. The minimum atomic E-state index is -1.14. The highest BCUT2D eigenvalue weighted by Gasteiger charge is 2.19. The fourth-order valence-corrected chi connectivity index (χ4v) is 3.23. The minimum absolute atomic E-state index is 0.00824. The Morgan fingerprint density at radius 1 is 0.967 bits per heavy atom. The summed E-state index contributed by atoms with van der Waals surface area (Å²) in [4.78, 5) is 40.0. The van der Waals surface area contributed by atoms with Gasteiger partial charge in [-0.25, -0.2) is 14.6 Å². The summed E-state index contributed by atoms with van der Waals surface area (Å²) in [7, 11) is 0. The van der Waals surface area contributed by atoms with Crippen molar-refractivity contribution in [3.63, 3.8) is 0 Å². The zero-order valence-electron chi connectivity index (χ0n) is 16.2. The molecular formula is C21H22N4O5. The monoisotopic (exact) mass is 410 g/mol. The van der Waals surface area contributed by atoms with Crippen molar-refractivity contribution in [2.45, 2.75) is 25.8 Å². The van der Waals surface area contributed by atoms with Crippen molar-refractivity contribution in [1.29, 1.82) is 0 Å². The van der Waals surface area contributed by atoms with Gasteiger partial charge in [-0.2, -0.15) is 0 Å². The van der Waals surface area contributed by atoms with Crippen molar-refractivity contribution < 1.29 is 24.6 Å². The van der Waals surface area contributed by atoms with Crippen molar-refractivity contribution in [3.05, 3.63) is 59.2 Å². The molecule has 3 aromatic rings. The predicted octanol–water partition coefficient (Wildman–Crippen LogP) is 2.81. The van der Waals surface area contributed by atoms with Crippen LogP contribution in [0.15, 0.2) is 42.5 Å². The molecule has 0 spiro atoms. The van der Waals surface area contributed by atoms with E-state index in [0.29, 0.717) is 24.1 Å². The molecule has 9 heteroatoms. The fourth-order valence-electron chi connectivity index (χ4n) is 3.23. The van der Waals surface area contributed by atoms with E-state index in [1.807, 2.05) is 0 Å². The molecular weight excluding hydrogens is 388 g/mol. The first-order valence-electron chi connectivity index (χ1n) is 9.49. The summed E-state index contributed by atoms with van der Waals surface area (Å²) in [6.45, 7) is 1.01. The van der Waals surface area contributed by atoms with Gasteiger partial charge in [0.2, 0.25) is 5.95 Å². The molecule has 3 rings (SSSR count). The third kappa shape index (κ3) is 4.47. The molecule has 0 atom stereocenters. The minimum Gasteiger partial charge on any atom is -0.478 e. The van der Waals surface area contributed by atoms with Gasteiger partial charge in [-0.3, -0.25) is 10.1 Å². The highest BCUT2D eigenvalue weighted by atomic mass is 16.4. The van der Waals surface area contributed by atoms with E-state index in [4.69, 9.17) is 10.8 Å². The number of nitrogens with zero attached hydrogens (tertiary/aromatic N) is 2. The van der Waals surface area contributed by atoms with Crippen LogP contribution in [0.2, 0.25) is 0 Å². The van der Waals surface area contributed by atoms with Crippen LogP contribution in [-0.2, 0) is 6.54 Å². The molecule has 1 aromatic heterocycles. The highest BCUT2D eigenvalue weighted by molar-refractivity contribution is 6.07. The Balaban J connectivity index is 1.98. The van der Waals surface area contributed by atoms with Gasteiger partial charge in [0.1, 0.15) is 0 Å². The molecule has 5 N–H and O–H groups in total. The number of aromatic carboxylic acids is 2. The van der Waals surface area contributed by atoms with Crippen LogP contribution in [0.4, 0.5) is 5.95 Å². The van der Waals surface area contributed by atoms with Crippen molar-refractivity contribution in [2.24, 2.45) is 5.73 Å². The number of imidazole rings is 1. The first-order valence-corrected chi connectivity index (χ1v) is 9.49. The number of nitrogens with two attached hydrogens (primary N) is 1. The summed E-state index contributed by atoms with van der Waals surface area (Å²) < 4.78 is 1.67. The van der Waals surface area contributed by atoms with Gasteiger partial charge < -0.3 is 20.5 Å². The molecule has 1 heterocycles. The third-order valence-electron chi connectivity index (χ3n) is 4.68. The van der Waals surface area contributed by atoms with Gasteiger partial charge in [-0.1, -0.05) is 18.6 Å². The van der Waals surface area contributed by atoms with Crippen LogP contribution in [0.5, 0.6) is 0 Å². The lowest BCUT2D eigenvalue weighted by Gasteiger charge is -2.11. The standard InChI is InChI=1S/C21H22N4O5/c22-10-2-1-3-11-25-17-15(20(29)30)8-5-9-16(17)23-21(25)24-18(26)13-6-4-7-14(12-13)19(27)28/h4-9,12H,1-3,10-11,22H2,(H,27,28)(H,29,30)(H,23,24,26). The summed E-state index contributed by atoms with van der Waals surface area (Å²) in [5.41, 5.74) is 6.66. The van der Waals surface area contributed by atoms with Crippen LogP contribution >= 0.6 is 0 Å². The lowest BCUT2D eigenvalue weighted by Crippen LogP contribution is -2.17. The summed E-state index contributed by atoms with van der Waals surface area (Å²) in [6, 6.07) is 10.4. The maximum atomic E-state index is 12.7. The Kier molecular flexibility index (Phi) is 6.43. The SMILES string of the molecule is NCCCCCn1c(NC(=O)c2cccc(C(=O)O)c2)nc2cccc(C(=O)O)c21. The molecule has 0 saturated heterocycles. The molecule has 0 aliphatic heterocycles. The first kappa shape index (κ1) is 21.0. The van der Waals surface area contributed by atoms with Gasteiger partial charge in [-0.05, 0) is 49.7 Å². The number of amides is 1. The molecule has 2 aromatic carbocycles. The van der Waals surface area contributed by atoms with Crippen molar-refractivity contribution in [1.82, 2.24) is 9.55 Å². The van der Waals surface area contributed by atoms with Crippen LogP contribution in [0.3, 0.4) is 0 Å². The molecule has 30 heavy (non-hydrogen) atoms. The van der Waals surface area contributed by atoms with Crippen LogP contribution in [0, 0.1) is 0 Å². The maximum absolute atomic E-state index is 12.7. The Hall–Kier alpha value is -3.72. The number of para-hydroxylation sites is 1. The quantitative estimate of drug-likeness (QED) is 0.396. The van der Waals surface area contributed by atoms with Crippen LogP contribution < -0.4 is 11.1 Å². The van der Waals surface area contributed by atoms with E-state index in [1.165, 1.54) is 30.3 Å². The molecule has 0 bridgehead atoms. The molecule has 9 nitrogen and oxygen atoms in total. The van der Waals surface area contributed by atoms with Crippen LogP contribution in [0.1, 0.15) is 50.3 Å². The number of benzene rings is 2. The van der Waals surface area contributed by atoms with Gasteiger partial charge in [-0.15, -0.1) is 0 Å². The molecule has 0 saturated carbocycles. The summed E-state index contributed by atoms with van der Waals surface area (Å²) in [5.74, 6) is -2.55. The van der Waals surface area contributed by atoms with Crippen molar-refractivity contribution >= 4 is 34.8 Å². The molecule has 156 valence electrons. The van der Waals surface area contributed by atoms with Gasteiger partial charge in [0, 0.05) is 12.1 Å². The van der Waals surface area contributed by atoms with E-state index in [9.17, 15) is 19.5 Å². The van der Waals surface area contributed by atoms with Crippen LogP contribution in [-0.4, -0.2) is 44.2 Å². The number of aryl methyl sites for hydroxylation is 1. The predicted molar refractivity (Wildman–Crippen MR) is 111 cm³/mol. The first-order chi connectivity index (χ1) is 14.4. The summed E-state index contributed by atoms with van der Waals surface area (Å²) >= 11 is 0. The van der Waals surface area contributed by atoms with Gasteiger partial charge >= 0.3 is 11.9 Å². The van der Waals surface area contributed by atoms with Gasteiger partial charge in [0.15, 0.2) is 0 Å². The molecule has 0 aliphatic rings. The van der Waals surface area contributed by atoms with E-state index in [-0.39, 0.29) is 22.6 Å².